The lowest BCUT2D eigenvalue weighted by atomic mass is 10.2. The molecule has 0 aliphatic heterocycles. The quantitative estimate of drug-likeness (QED) is 0.186. The number of carbonyl (C=O) groups excluding carboxylic acids is 1. The van der Waals surface area contributed by atoms with E-state index in [1.165, 1.54) is 29.8 Å². The summed E-state index contributed by atoms with van der Waals surface area (Å²) in [5.41, 5.74) is -2.62. The van der Waals surface area contributed by atoms with Crippen LogP contribution in [0.4, 0.5) is 24.5 Å². The Morgan fingerprint density at radius 2 is 1.97 bits per heavy atom. The van der Waals surface area contributed by atoms with Crippen molar-refractivity contribution in [3.8, 4) is 22.1 Å². The van der Waals surface area contributed by atoms with E-state index in [2.05, 4.69) is 20.4 Å². The van der Waals surface area contributed by atoms with E-state index in [4.69, 9.17) is 16.3 Å². The zero-order valence-electron chi connectivity index (χ0n) is 18.6. The van der Waals surface area contributed by atoms with Crippen LogP contribution < -0.4 is 10.1 Å². The predicted octanol–water partition coefficient (Wildman–Crippen LogP) is 6.48. The third kappa shape index (κ3) is 4.99. The van der Waals surface area contributed by atoms with E-state index in [9.17, 15) is 28.1 Å². The first-order chi connectivity index (χ1) is 18.1. The van der Waals surface area contributed by atoms with Gasteiger partial charge in [0.1, 0.15) is 16.5 Å². The van der Waals surface area contributed by atoms with Gasteiger partial charge in [0.25, 0.3) is 11.6 Å². The maximum absolute atomic E-state index is 13.9. The van der Waals surface area contributed by atoms with Gasteiger partial charge in [0, 0.05) is 18.3 Å². The molecular formula is C23H12ClF3N6O4S. The number of nitrogens with one attached hydrogen (secondary N) is 1. The fourth-order valence-electron chi connectivity index (χ4n) is 3.44. The number of ether oxygens (including phenoxy) is 1. The van der Waals surface area contributed by atoms with Crippen LogP contribution in [-0.4, -0.2) is 30.4 Å². The molecule has 0 atom stereocenters. The number of nitrogens with zero attached hydrogens (tertiary/aromatic N) is 5. The van der Waals surface area contributed by atoms with Crippen molar-refractivity contribution in [2.75, 3.05) is 5.32 Å². The number of thiophene rings is 1. The summed E-state index contributed by atoms with van der Waals surface area (Å²) in [7, 11) is 0. The number of nitro groups is 1. The number of aromatic nitrogens is 4. The van der Waals surface area contributed by atoms with E-state index in [0.717, 1.165) is 18.2 Å². The van der Waals surface area contributed by atoms with Crippen LogP contribution in [-0.2, 0) is 6.18 Å². The topological polar surface area (TPSA) is 125 Å². The van der Waals surface area contributed by atoms with Crippen molar-refractivity contribution in [1.82, 2.24) is 19.6 Å². The third-order valence-corrected chi connectivity index (χ3v) is 6.28. The second-order valence-electron chi connectivity index (χ2n) is 7.62. The lowest BCUT2D eigenvalue weighted by Gasteiger charge is -2.10. The van der Waals surface area contributed by atoms with Crippen molar-refractivity contribution < 1.29 is 27.6 Å². The van der Waals surface area contributed by atoms with E-state index >= 15 is 0 Å². The molecular weight excluding hydrogens is 549 g/mol. The van der Waals surface area contributed by atoms with Crippen molar-refractivity contribution in [3.05, 3.63) is 92.8 Å². The van der Waals surface area contributed by atoms with Crippen LogP contribution in [0.5, 0.6) is 11.5 Å². The molecule has 0 aliphatic rings. The first-order valence-corrected chi connectivity index (χ1v) is 11.7. The Hall–Kier alpha value is -4.56. The minimum atomic E-state index is -4.84. The molecule has 0 fully saturated rings. The van der Waals surface area contributed by atoms with Crippen LogP contribution in [0.1, 0.15) is 16.2 Å². The van der Waals surface area contributed by atoms with Crippen molar-refractivity contribution in [2.45, 2.75) is 6.18 Å². The molecule has 0 saturated carbocycles. The number of halogens is 4. The summed E-state index contributed by atoms with van der Waals surface area (Å²) in [6, 6.07) is 10.7. The number of anilines is 1. The van der Waals surface area contributed by atoms with E-state index < -0.39 is 39.1 Å². The molecule has 1 N–H and O–H groups in total. The lowest BCUT2D eigenvalue weighted by Crippen LogP contribution is -2.16. The number of amides is 1. The number of non-ortho nitro benzene ring substituents is 1. The summed E-state index contributed by atoms with van der Waals surface area (Å²) in [4.78, 5) is 32.3. The molecule has 1 aromatic carbocycles. The van der Waals surface area contributed by atoms with Gasteiger partial charge in [-0.1, -0.05) is 17.7 Å². The number of hydrogen-bond acceptors (Lipinski definition) is 8. The molecule has 10 nitrogen and oxygen atoms in total. The van der Waals surface area contributed by atoms with Gasteiger partial charge in [-0.05, 0) is 29.6 Å². The molecule has 4 aromatic heterocycles. The largest absolute Gasteiger partial charge is 0.455 e. The number of nitro benzene ring substituents is 1. The molecule has 5 aromatic rings. The summed E-state index contributed by atoms with van der Waals surface area (Å²) in [6.07, 6.45) is -1.95. The molecule has 0 bridgehead atoms. The maximum atomic E-state index is 13.9. The van der Waals surface area contributed by atoms with Crippen LogP contribution in [0.25, 0.3) is 16.2 Å². The average molecular weight is 561 g/mol. The molecule has 1 amide bonds. The van der Waals surface area contributed by atoms with E-state index in [0.29, 0.717) is 9.39 Å². The molecule has 192 valence electrons. The smallest absolute Gasteiger partial charge is 0.433 e. The molecule has 5 rings (SSSR count). The van der Waals surface area contributed by atoms with E-state index in [1.807, 2.05) is 0 Å². The van der Waals surface area contributed by atoms with Crippen LogP contribution in [0, 0.1) is 10.1 Å². The fourth-order valence-corrected chi connectivity index (χ4v) is 4.37. The first-order valence-electron chi connectivity index (χ1n) is 10.5. The third-order valence-electron chi connectivity index (χ3n) is 5.04. The second kappa shape index (κ2) is 9.72. The highest BCUT2D eigenvalue weighted by Gasteiger charge is 2.37. The van der Waals surface area contributed by atoms with Gasteiger partial charge in [-0.2, -0.15) is 18.3 Å². The Morgan fingerprint density at radius 3 is 2.63 bits per heavy atom. The van der Waals surface area contributed by atoms with Crippen molar-refractivity contribution in [2.24, 2.45) is 0 Å². The zero-order chi connectivity index (χ0) is 27.0. The van der Waals surface area contributed by atoms with E-state index in [-0.39, 0.29) is 28.5 Å². The summed E-state index contributed by atoms with van der Waals surface area (Å²) in [5, 5.41) is 18.8. The number of benzene rings is 1. The maximum Gasteiger partial charge on any atom is 0.433 e. The van der Waals surface area contributed by atoms with Crippen LogP contribution in [0.3, 0.4) is 0 Å². The first kappa shape index (κ1) is 25.1. The monoisotopic (exact) mass is 560 g/mol. The van der Waals surface area contributed by atoms with Crippen LogP contribution in [0.15, 0.2) is 66.3 Å². The highest BCUT2D eigenvalue weighted by Crippen LogP contribution is 2.36. The lowest BCUT2D eigenvalue weighted by molar-refractivity contribution is -0.384. The molecule has 0 unspecified atom stereocenters. The Morgan fingerprint density at radius 1 is 1.16 bits per heavy atom. The van der Waals surface area contributed by atoms with Gasteiger partial charge in [-0.25, -0.2) is 9.50 Å². The standard InChI is InChI=1S/C23H12ClF3N6O4S/c24-19-20(31-32-18(23(25,26)27)10-16(30-21(19)32)17-4-2-6-38-17)22(34)29-12-7-13(33(35)36)9-15(8-12)37-14-3-1-5-28-11-14/h1-11H,(H,29,34). The minimum Gasteiger partial charge on any atom is -0.455 e. The SMILES string of the molecule is O=C(Nc1cc(Oc2cccnc2)cc([N+](=O)[O-])c1)c1nn2c(C(F)(F)F)cc(-c3cccs3)nc2c1Cl. The summed E-state index contributed by atoms with van der Waals surface area (Å²) in [5.74, 6) is -0.731. The number of alkyl halides is 3. The predicted molar refractivity (Wildman–Crippen MR) is 132 cm³/mol. The Balaban J connectivity index is 1.54. The normalized spacial score (nSPS) is 11.5. The molecule has 0 saturated heterocycles. The molecule has 0 radical (unpaired) electrons. The highest BCUT2D eigenvalue weighted by atomic mass is 35.5. The molecule has 4 heterocycles. The summed E-state index contributed by atoms with van der Waals surface area (Å²) in [6.45, 7) is 0. The van der Waals surface area contributed by atoms with Gasteiger partial charge in [0.2, 0.25) is 0 Å². The molecule has 0 aliphatic carbocycles. The summed E-state index contributed by atoms with van der Waals surface area (Å²) >= 11 is 7.46. The number of hydrogen-bond donors (Lipinski definition) is 1. The summed E-state index contributed by atoms with van der Waals surface area (Å²) < 4.78 is 47.6. The van der Waals surface area contributed by atoms with Gasteiger partial charge in [0.15, 0.2) is 17.0 Å². The zero-order valence-corrected chi connectivity index (χ0v) is 20.2. The van der Waals surface area contributed by atoms with Gasteiger partial charge in [-0.15, -0.1) is 11.3 Å². The van der Waals surface area contributed by atoms with Gasteiger partial charge < -0.3 is 10.1 Å². The highest BCUT2D eigenvalue weighted by molar-refractivity contribution is 7.13. The van der Waals surface area contributed by atoms with Crippen LogP contribution in [0.2, 0.25) is 5.02 Å². The second-order valence-corrected chi connectivity index (χ2v) is 8.94. The average Bonchev–Trinajstić information content (AvgIpc) is 3.52. The van der Waals surface area contributed by atoms with Crippen molar-refractivity contribution in [1.29, 1.82) is 0 Å². The molecule has 15 heteroatoms. The van der Waals surface area contributed by atoms with E-state index in [1.54, 1.807) is 29.6 Å². The fraction of sp³-hybridized carbons (Fsp3) is 0.0435. The Labute approximate surface area is 219 Å². The molecule has 0 spiro atoms. The van der Waals surface area contributed by atoms with Gasteiger partial charge in [0.05, 0.1) is 33.4 Å². The minimum absolute atomic E-state index is 0.00413. The van der Waals surface area contributed by atoms with Crippen molar-refractivity contribution >= 4 is 45.9 Å². The number of pyridine rings is 1. The van der Waals surface area contributed by atoms with Gasteiger partial charge >= 0.3 is 6.18 Å². The Kier molecular flexibility index (Phi) is 6.42. The van der Waals surface area contributed by atoms with Crippen molar-refractivity contribution in [3.63, 3.8) is 0 Å². The number of rotatable bonds is 6. The molecule has 38 heavy (non-hydrogen) atoms. The van der Waals surface area contributed by atoms with Crippen LogP contribution >= 0.6 is 22.9 Å². The number of carbonyl (C=O) groups is 1. The Bertz CT molecular complexity index is 1680. The van der Waals surface area contributed by atoms with Gasteiger partial charge in [-0.3, -0.25) is 19.9 Å². The number of fused-ring (bicyclic) bond motifs is 1.